The molecule has 0 aliphatic carbocycles. The van der Waals surface area contributed by atoms with Crippen LogP contribution in [0.1, 0.15) is 28.7 Å². The molecule has 162 valence electrons. The number of para-hydroxylation sites is 1. The number of carbonyl (C=O) groups excluding carboxylic acids is 2. The second-order valence-corrected chi connectivity index (χ2v) is 7.58. The van der Waals surface area contributed by atoms with Crippen molar-refractivity contribution in [2.24, 2.45) is 0 Å². The lowest BCUT2D eigenvalue weighted by Gasteiger charge is -2.10. The first kappa shape index (κ1) is 22.7. The molecule has 1 heterocycles. The molecule has 0 unspecified atom stereocenters. The quantitative estimate of drug-likeness (QED) is 0.249. The fourth-order valence-corrected chi connectivity index (χ4v) is 3.71. The molecule has 31 heavy (non-hydrogen) atoms. The third-order valence-corrected chi connectivity index (χ3v) is 5.30. The molecule has 0 saturated heterocycles. The van der Waals surface area contributed by atoms with E-state index in [0.717, 1.165) is 17.8 Å². The topological polar surface area (TPSA) is 72.0 Å². The van der Waals surface area contributed by atoms with Crippen molar-refractivity contribution in [1.29, 1.82) is 0 Å². The van der Waals surface area contributed by atoms with E-state index in [9.17, 15) is 27.2 Å². The van der Waals surface area contributed by atoms with Crippen LogP contribution in [0.5, 0.6) is 0 Å². The Morgan fingerprint density at radius 1 is 1.10 bits per heavy atom. The van der Waals surface area contributed by atoms with E-state index in [1.165, 1.54) is 25.1 Å². The van der Waals surface area contributed by atoms with Crippen LogP contribution in [0.4, 0.5) is 17.6 Å². The van der Waals surface area contributed by atoms with Crippen LogP contribution in [0, 0.1) is 5.82 Å². The van der Waals surface area contributed by atoms with Crippen molar-refractivity contribution in [3.63, 3.8) is 0 Å². The first-order valence-corrected chi connectivity index (χ1v) is 10.2. The fourth-order valence-electron chi connectivity index (χ4n) is 2.80. The molecule has 1 N–H and O–H groups in total. The van der Waals surface area contributed by atoms with Crippen molar-refractivity contribution in [2.75, 3.05) is 12.3 Å². The number of Topliss-reactive ketones (excluding diaryl/α,β-unsaturated/α-hetero) is 1. The van der Waals surface area contributed by atoms with Crippen LogP contribution >= 0.6 is 11.8 Å². The number of carbonyl (C=O) groups is 2. The summed E-state index contributed by atoms with van der Waals surface area (Å²) in [6.45, 7) is 1.62. The second kappa shape index (κ2) is 9.42. The highest BCUT2D eigenvalue weighted by molar-refractivity contribution is 8.00. The van der Waals surface area contributed by atoms with Gasteiger partial charge in [-0.25, -0.2) is 14.4 Å². The van der Waals surface area contributed by atoms with Gasteiger partial charge in [-0.2, -0.15) is 13.2 Å². The maximum Gasteiger partial charge on any atom is 0.451 e. The van der Waals surface area contributed by atoms with Gasteiger partial charge in [-0.05, 0) is 24.1 Å². The Kier molecular flexibility index (Phi) is 6.89. The van der Waals surface area contributed by atoms with Gasteiger partial charge in [0.15, 0.2) is 5.78 Å². The standard InChI is InChI=1S/C21H17F4N3O2S/c1-12(29)26-9-8-13-6-7-14(10-16(13)22)18(30)11-31-19-15-4-2-3-5-17(15)27-20(28-19)21(23,24)25/h2-7,10H,8-9,11H2,1H3,(H,26,29). The SMILES string of the molecule is CC(=O)NCCc1ccc(C(=O)CSc2nc(C(F)(F)F)nc3ccccc23)cc1F. The van der Waals surface area contributed by atoms with E-state index in [0.29, 0.717) is 10.9 Å². The van der Waals surface area contributed by atoms with Gasteiger partial charge < -0.3 is 5.32 Å². The minimum absolute atomic E-state index is 0.0266. The average Bonchev–Trinajstić information content (AvgIpc) is 2.71. The van der Waals surface area contributed by atoms with Crippen molar-refractivity contribution in [2.45, 2.75) is 24.5 Å². The van der Waals surface area contributed by atoms with Crippen molar-refractivity contribution in [3.8, 4) is 0 Å². The summed E-state index contributed by atoms with van der Waals surface area (Å²) < 4.78 is 53.6. The Labute approximate surface area is 179 Å². The Hall–Kier alpha value is -3.01. The Morgan fingerprint density at radius 3 is 2.52 bits per heavy atom. The first-order valence-electron chi connectivity index (χ1n) is 9.18. The van der Waals surface area contributed by atoms with Crippen LogP contribution < -0.4 is 5.32 Å². The molecule has 0 radical (unpaired) electrons. The summed E-state index contributed by atoms with van der Waals surface area (Å²) in [4.78, 5) is 30.5. The van der Waals surface area contributed by atoms with E-state index in [4.69, 9.17) is 0 Å². The lowest BCUT2D eigenvalue weighted by atomic mass is 10.1. The number of aromatic nitrogens is 2. The van der Waals surface area contributed by atoms with Gasteiger partial charge in [-0.15, -0.1) is 0 Å². The molecule has 1 amide bonds. The number of nitrogens with one attached hydrogen (secondary N) is 1. The molecular weight excluding hydrogens is 434 g/mol. The highest BCUT2D eigenvalue weighted by Crippen LogP contribution is 2.32. The van der Waals surface area contributed by atoms with Crippen LogP contribution in [0.3, 0.4) is 0 Å². The molecule has 0 fully saturated rings. The number of thioether (sulfide) groups is 1. The van der Waals surface area contributed by atoms with Gasteiger partial charge in [0.1, 0.15) is 10.8 Å². The van der Waals surface area contributed by atoms with Crippen molar-refractivity contribution in [1.82, 2.24) is 15.3 Å². The van der Waals surface area contributed by atoms with Crippen LogP contribution in [0.15, 0.2) is 47.5 Å². The Balaban J connectivity index is 1.75. The first-order chi connectivity index (χ1) is 14.6. The van der Waals surface area contributed by atoms with Crippen LogP contribution in [0.25, 0.3) is 10.9 Å². The van der Waals surface area contributed by atoms with Crippen LogP contribution in [-0.2, 0) is 17.4 Å². The van der Waals surface area contributed by atoms with Gasteiger partial charge in [-0.3, -0.25) is 9.59 Å². The molecule has 10 heteroatoms. The number of hydrogen-bond donors (Lipinski definition) is 1. The van der Waals surface area contributed by atoms with E-state index in [1.807, 2.05) is 0 Å². The summed E-state index contributed by atoms with van der Waals surface area (Å²) in [5.41, 5.74) is 0.562. The molecule has 0 aliphatic heterocycles. The lowest BCUT2D eigenvalue weighted by molar-refractivity contribution is -0.145. The van der Waals surface area contributed by atoms with Crippen molar-refractivity contribution >= 4 is 34.4 Å². The maximum atomic E-state index is 14.3. The molecule has 3 rings (SSSR count). The summed E-state index contributed by atoms with van der Waals surface area (Å²) in [7, 11) is 0. The second-order valence-electron chi connectivity index (χ2n) is 6.62. The molecule has 0 saturated carbocycles. The highest BCUT2D eigenvalue weighted by atomic mass is 32.2. The van der Waals surface area contributed by atoms with E-state index in [-0.39, 0.29) is 40.7 Å². The number of benzene rings is 2. The zero-order chi connectivity index (χ0) is 22.6. The molecular formula is C21H17F4N3O2S. The number of rotatable bonds is 7. The molecule has 0 spiro atoms. The van der Waals surface area contributed by atoms with Crippen molar-refractivity contribution in [3.05, 3.63) is 65.2 Å². The molecule has 3 aromatic rings. The third-order valence-electron chi connectivity index (χ3n) is 4.31. The third kappa shape index (κ3) is 5.78. The van der Waals surface area contributed by atoms with E-state index in [2.05, 4.69) is 15.3 Å². The zero-order valence-electron chi connectivity index (χ0n) is 16.3. The van der Waals surface area contributed by atoms with Gasteiger partial charge in [0, 0.05) is 24.4 Å². The molecule has 0 bridgehead atoms. The summed E-state index contributed by atoms with van der Waals surface area (Å²) in [6.07, 6.45) is -4.46. The predicted molar refractivity (Wildman–Crippen MR) is 108 cm³/mol. The number of alkyl halides is 3. The van der Waals surface area contributed by atoms with Gasteiger partial charge in [-0.1, -0.05) is 42.1 Å². The van der Waals surface area contributed by atoms with Crippen LogP contribution in [0.2, 0.25) is 0 Å². The van der Waals surface area contributed by atoms with Crippen molar-refractivity contribution < 1.29 is 27.2 Å². The number of fused-ring (bicyclic) bond motifs is 1. The van der Waals surface area contributed by atoms with Gasteiger partial charge >= 0.3 is 6.18 Å². The number of hydrogen-bond acceptors (Lipinski definition) is 5. The monoisotopic (exact) mass is 451 g/mol. The smallest absolute Gasteiger partial charge is 0.356 e. The summed E-state index contributed by atoms with van der Waals surface area (Å²) in [5.74, 6) is -2.77. The largest absolute Gasteiger partial charge is 0.451 e. The minimum atomic E-state index is -4.72. The summed E-state index contributed by atoms with van der Waals surface area (Å²) in [5, 5.41) is 2.98. The normalized spacial score (nSPS) is 11.5. The lowest BCUT2D eigenvalue weighted by Crippen LogP contribution is -2.22. The molecule has 0 atom stereocenters. The molecule has 5 nitrogen and oxygen atoms in total. The molecule has 0 aliphatic rings. The number of halogens is 4. The van der Waals surface area contributed by atoms with Gasteiger partial charge in [0.2, 0.25) is 11.7 Å². The molecule has 2 aromatic carbocycles. The maximum absolute atomic E-state index is 14.3. The Morgan fingerprint density at radius 2 is 1.84 bits per heavy atom. The van der Waals surface area contributed by atoms with E-state index in [1.54, 1.807) is 18.2 Å². The minimum Gasteiger partial charge on any atom is -0.356 e. The number of amides is 1. The number of nitrogens with zero attached hydrogens (tertiary/aromatic N) is 2. The average molecular weight is 451 g/mol. The zero-order valence-corrected chi connectivity index (χ0v) is 17.1. The fraction of sp³-hybridized carbons (Fsp3) is 0.238. The predicted octanol–water partition coefficient (Wildman–Crippen LogP) is 4.44. The van der Waals surface area contributed by atoms with E-state index < -0.39 is 23.6 Å². The number of ketones is 1. The molecule has 1 aromatic heterocycles. The highest BCUT2D eigenvalue weighted by Gasteiger charge is 2.35. The van der Waals surface area contributed by atoms with Gasteiger partial charge in [0.05, 0.1) is 11.3 Å². The van der Waals surface area contributed by atoms with Gasteiger partial charge in [0.25, 0.3) is 0 Å². The Bertz CT molecular complexity index is 1140. The summed E-state index contributed by atoms with van der Waals surface area (Å²) in [6, 6.07) is 10.2. The van der Waals surface area contributed by atoms with Crippen LogP contribution in [-0.4, -0.2) is 34.0 Å². The van der Waals surface area contributed by atoms with E-state index >= 15 is 0 Å². The summed E-state index contributed by atoms with van der Waals surface area (Å²) >= 11 is 0.840.